The molecule has 0 aliphatic rings. The molecule has 1 atom stereocenters. The Morgan fingerprint density at radius 2 is 2.00 bits per heavy atom. The fourth-order valence-corrected chi connectivity index (χ4v) is 2.03. The number of benzene rings is 1. The van der Waals surface area contributed by atoms with Crippen LogP contribution in [-0.4, -0.2) is 19.9 Å². The van der Waals surface area contributed by atoms with E-state index in [1.165, 1.54) is 12.1 Å². The lowest BCUT2D eigenvalue weighted by Crippen LogP contribution is -2.07. The fourth-order valence-electron chi connectivity index (χ4n) is 1.89. The van der Waals surface area contributed by atoms with E-state index >= 15 is 0 Å². The van der Waals surface area contributed by atoms with Gasteiger partial charge < -0.3 is 4.52 Å². The predicted molar refractivity (Wildman–Crippen MR) is 75.5 cm³/mol. The van der Waals surface area contributed by atoms with Gasteiger partial charge in [0.1, 0.15) is 11.9 Å². The summed E-state index contributed by atoms with van der Waals surface area (Å²) in [6.07, 6.45) is 1.71. The molecule has 5 nitrogen and oxygen atoms in total. The van der Waals surface area contributed by atoms with Crippen LogP contribution in [0.4, 0.5) is 4.39 Å². The first-order chi connectivity index (χ1) is 10.0. The highest BCUT2D eigenvalue weighted by atomic mass is 35.5. The van der Waals surface area contributed by atoms with Gasteiger partial charge in [-0.1, -0.05) is 16.8 Å². The molecule has 7 heteroatoms. The van der Waals surface area contributed by atoms with Crippen molar-refractivity contribution < 1.29 is 8.91 Å². The van der Waals surface area contributed by atoms with Crippen LogP contribution in [0.2, 0.25) is 5.02 Å². The van der Waals surface area contributed by atoms with Gasteiger partial charge in [0.05, 0.1) is 10.7 Å². The van der Waals surface area contributed by atoms with E-state index in [1.807, 2.05) is 13.8 Å². The maximum Gasteiger partial charge on any atom is 0.251 e. The van der Waals surface area contributed by atoms with Crippen LogP contribution in [0.25, 0.3) is 11.4 Å². The summed E-state index contributed by atoms with van der Waals surface area (Å²) in [7, 11) is 0. The van der Waals surface area contributed by atoms with E-state index in [0.717, 1.165) is 5.69 Å². The molecule has 1 unspecified atom stereocenters. The highest BCUT2D eigenvalue weighted by Gasteiger charge is 2.18. The lowest BCUT2D eigenvalue weighted by Gasteiger charge is -2.05. The summed E-state index contributed by atoms with van der Waals surface area (Å²) in [6.45, 7) is 3.70. The zero-order chi connectivity index (χ0) is 15.0. The van der Waals surface area contributed by atoms with Crippen molar-refractivity contribution in [2.24, 2.45) is 0 Å². The van der Waals surface area contributed by atoms with Crippen LogP contribution in [0.5, 0.6) is 0 Å². The molecule has 0 fully saturated rings. The third kappa shape index (κ3) is 2.67. The second kappa shape index (κ2) is 5.29. The average molecular weight is 307 g/mol. The minimum absolute atomic E-state index is 0.238. The highest BCUT2D eigenvalue weighted by molar-refractivity contribution is 6.31. The highest BCUT2D eigenvalue weighted by Crippen LogP contribution is 2.23. The number of aromatic nitrogens is 4. The average Bonchev–Trinajstić information content (AvgIpc) is 3.07. The molecule has 0 bridgehead atoms. The summed E-state index contributed by atoms with van der Waals surface area (Å²) in [5, 5.41) is 8.78. The van der Waals surface area contributed by atoms with E-state index in [1.54, 1.807) is 23.0 Å². The Morgan fingerprint density at radius 1 is 1.29 bits per heavy atom. The molecule has 0 spiro atoms. The molecule has 0 saturated carbocycles. The van der Waals surface area contributed by atoms with Gasteiger partial charge in [-0.2, -0.15) is 10.1 Å². The number of nitrogens with zero attached hydrogens (tertiary/aromatic N) is 4. The molecular weight excluding hydrogens is 295 g/mol. The molecule has 0 radical (unpaired) electrons. The van der Waals surface area contributed by atoms with Crippen molar-refractivity contribution in [3.8, 4) is 11.4 Å². The van der Waals surface area contributed by atoms with Crippen molar-refractivity contribution in [3.05, 3.63) is 52.9 Å². The Labute approximate surface area is 125 Å². The Morgan fingerprint density at radius 3 is 2.62 bits per heavy atom. The normalized spacial score (nSPS) is 12.6. The fraction of sp³-hybridized carbons (Fsp3) is 0.214. The van der Waals surface area contributed by atoms with E-state index in [9.17, 15) is 4.39 Å². The van der Waals surface area contributed by atoms with Crippen molar-refractivity contribution >= 4 is 11.6 Å². The molecule has 0 aliphatic heterocycles. The monoisotopic (exact) mass is 306 g/mol. The lowest BCUT2D eigenvalue weighted by molar-refractivity contribution is 0.336. The summed E-state index contributed by atoms with van der Waals surface area (Å²) >= 11 is 5.99. The number of hydrogen-bond acceptors (Lipinski definition) is 4. The molecule has 2 aromatic heterocycles. The van der Waals surface area contributed by atoms with Crippen LogP contribution in [0.1, 0.15) is 24.6 Å². The molecule has 0 N–H and O–H groups in total. The number of halogens is 2. The maximum absolute atomic E-state index is 12.9. The standard InChI is InChI=1S/C14H12ClFN4O/c1-8-12(15)7-20(18-8)9(2)14-17-13(19-21-14)10-3-5-11(16)6-4-10/h3-7,9H,1-2H3. The van der Waals surface area contributed by atoms with Crippen LogP contribution in [0.3, 0.4) is 0 Å². The Hall–Kier alpha value is -2.21. The second-order valence-corrected chi connectivity index (χ2v) is 5.09. The molecule has 21 heavy (non-hydrogen) atoms. The number of hydrogen-bond donors (Lipinski definition) is 0. The van der Waals surface area contributed by atoms with Gasteiger partial charge in [-0.15, -0.1) is 0 Å². The third-order valence-corrected chi connectivity index (χ3v) is 3.53. The Kier molecular flexibility index (Phi) is 3.47. The summed E-state index contributed by atoms with van der Waals surface area (Å²) in [4.78, 5) is 4.32. The Balaban J connectivity index is 1.89. The van der Waals surface area contributed by atoms with E-state index in [4.69, 9.17) is 16.1 Å². The minimum atomic E-state index is -0.308. The molecule has 3 rings (SSSR count). The van der Waals surface area contributed by atoms with Crippen molar-refractivity contribution in [1.29, 1.82) is 0 Å². The quantitative estimate of drug-likeness (QED) is 0.741. The van der Waals surface area contributed by atoms with Crippen LogP contribution in [0.15, 0.2) is 35.0 Å². The predicted octanol–water partition coefficient (Wildman–Crippen LogP) is 3.64. The van der Waals surface area contributed by atoms with Gasteiger partial charge in [-0.3, -0.25) is 4.68 Å². The first kappa shape index (κ1) is 13.8. The molecule has 1 aromatic carbocycles. The van der Waals surface area contributed by atoms with Crippen molar-refractivity contribution in [1.82, 2.24) is 19.9 Å². The molecule has 0 saturated heterocycles. The number of rotatable bonds is 3. The summed E-state index contributed by atoms with van der Waals surface area (Å²) in [5.41, 5.74) is 1.43. The summed E-state index contributed by atoms with van der Waals surface area (Å²) < 4.78 is 19.8. The zero-order valence-electron chi connectivity index (χ0n) is 11.4. The van der Waals surface area contributed by atoms with Crippen molar-refractivity contribution in [2.75, 3.05) is 0 Å². The second-order valence-electron chi connectivity index (χ2n) is 4.68. The van der Waals surface area contributed by atoms with Gasteiger partial charge in [0.2, 0.25) is 5.82 Å². The third-order valence-electron chi connectivity index (χ3n) is 3.16. The Bertz CT molecular complexity index is 746. The molecular formula is C14H12ClFN4O. The molecule has 2 heterocycles. The molecule has 0 aliphatic carbocycles. The summed E-state index contributed by atoms with van der Waals surface area (Å²) in [6, 6.07) is 5.67. The SMILES string of the molecule is Cc1nn(C(C)c2nc(-c3ccc(F)cc3)no2)cc1Cl. The van der Waals surface area contributed by atoms with E-state index in [0.29, 0.717) is 22.3 Å². The van der Waals surface area contributed by atoms with Gasteiger partial charge in [-0.05, 0) is 38.1 Å². The first-order valence-corrected chi connectivity index (χ1v) is 6.73. The zero-order valence-corrected chi connectivity index (χ0v) is 12.2. The van der Waals surface area contributed by atoms with Crippen LogP contribution in [0, 0.1) is 12.7 Å². The number of aryl methyl sites for hydroxylation is 1. The van der Waals surface area contributed by atoms with Gasteiger partial charge in [0, 0.05) is 11.8 Å². The summed E-state index contributed by atoms with van der Waals surface area (Å²) in [5.74, 6) is 0.512. The van der Waals surface area contributed by atoms with Gasteiger partial charge in [0.15, 0.2) is 0 Å². The molecule has 3 aromatic rings. The molecule has 108 valence electrons. The molecule has 0 amide bonds. The minimum Gasteiger partial charge on any atom is -0.337 e. The topological polar surface area (TPSA) is 56.7 Å². The van der Waals surface area contributed by atoms with Crippen LogP contribution >= 0.6 is 11.6 Å². The van der Waals surface area contributed by atoms with Crippen molar-refractivity contribution in [3.63, 3.8) is 0 Å². The first-order valence-electron chi connectivity index (χ1n) is 6.35. The largest absolute Gasteiger partial charge is 0.337 e. The van der Waals surface area contributed by atoms with Crippen LogP contribution in [-0.2, 0) is 0 Å². The van der Waals surface area contributed by atoms with E-state index < -0.39 is 0 Å². The maximum atomic E-state index is 12.9. The van der Waals surface area contributed by atoms with E-state index in [2.05, 4.69) is 15.2 Å². The van der Waals surface area contributed by atoms with Gasteiger partial charge in [-0.25, -0.2) is 4.39 Å². The van der Waals surface area contributed by atoms with Crippen molar-refractivity contribution in [2.45, 2.75) is 19.9 Å². The van der Waals surface area contributed by atoms with Crippen LogP contribution < -0.4 is 0 Å². The van der Waals surface area contributed by atoms with Gasteiger partial charge >= 0.3 is 0 Å². The van der Waals surface area contributed by atoms with Gasteiger partial charge in [0.25, 0.3) is 5.89 Å². The smallest absolute Gasteiger partial charge is 0.251 e. The van der Waals surface area contributed by atoms with E-state index in [-0.39, 0.29) is 11.9 Å². The lowest BCUT2D eigenvalue weighted by atomic mass is 10.2.